The molecule has 2 aromatic carbocycles. The van der Waals surface area contributed by atoms with Crippen molar-refractivity contribution in [2.75, 3.05) is 12.0 Å². The summed E-state index contributed by atoms with van der Waals surface area (Å²) in [6, 6.07) is 14.5. The Kier molecular flexibility index (Phi) is 6.66. The molecule has 3 aromatic rings. The molecule has 0 N–H and O–H groups in total. The Balaban J connectivity index is 1.75. The number of hydrogen-bond donors (Lipinski definition) is 0. The van der Waals surface area contributed by atoms with Crippen LogP contribution in [0.25, 0.3) is 16.5 Å². The first-order valence-electron chi connectivity index (χ1n) is 10.9. The average molecular weight is 501 g/mol. The van der Waals surface area contributed by atoms with E-state index in [0.29, 0.717) is 12.5 Å². The van der Waals surface area contributed by atoms with E-state index in [1.165, 1.54) is 18.4 Å². The molecule has 1 fully saturated rings. The molecule has 0 unspecified atom stereocenters. The Morgan fingerprint density at radius 3 is 2.68 bits per heavy atom. The third kappa shape index (κ3) is 4.94. The average Bonchev–Trinajstić information content (AvgIpc) is 3.57. The highest BCUT2D eigenvalue weighted by atomic mass is 79.9. The highest BCUT2D eigenvalue weighted by Gasteiger charge is 2.24. The zero-order valence-corrected chi connectivity index (χ0v) is 21.1. The SMILES string of the molecule is CSCCC(C)(C)OCc1c(Br)cccc1-n1c(C)cc2cc(C3CC3)ccc2c1=O. The van der Waals surface area contributed by atoms with Gasteiger partial charge in [-0.05, 0) is 93.2 Å². The van der Waals surface area contributed by atoms with Gasteiger partial charge in [0.05, 0.1) is 17.9 Å². The largest absolute Gasteiger partial charge is 0.371 e. The molecule has 0 saturated heterocycles. The minimum absolute atomic E-state index is 0.0262. The van der Waals surface area contributed by atoms with Gasteiger partial charge < -0.3 is 4.74 Å². The number of benzene rings is 2. The van der Waals surface area contributed by atoms with Crippen molar-refractivity contribution >= 4 is 38.5 Å². The van der Waals surface area contributed by atoms with E-state index >= 15 is 0 Å². The highest BCUT2D eigenvalue weighted by molar-refractivity contribution is 9.10. The summed E-state index contributed by atoms with van der Waals surface area (Å²) in [7, 11) is 0. The molecule has 0 atom stereocenters. The maximum Gasteiger partial charge on any atom is 0.263 e. The van der Waals surface area contributed by atoms with Gasteiger partial charge in [-0.15, -0.1) is 0 Å². The van der Waals surface area contributed by atoms with Crippen molar-refractivity contribution in [3.8, 4) is 5.69 Å². The molecule has 1 aliphatic rings. The van der Waals surface area contributed by atoms with Crippen LogP contribution in [0.3, 0.4) is 0 Å². The van der Waals surface area contributed by atoms with Crippen LogP contribution in [0.4, 0.5) is 0 Å². The van der Waals surface area contributed by atoms with E-state index in [-0.39, 0.29) is 11.2 Å². The predicted molar refractivity (Wildman–Crippen MR) is 136 cm³/mol. The van der Waals surface area contributed by atoms with Crippen molar-refractivity contribution < 1.29 is 4.74 Å². The van der Waals surface area contributed by atoms with Gasteiger partial charge in [0.15, 0.2) is 0 Å². The Labute approximate surface area is 197 Å². The van der Waals surface area contributed by atoms with Gasteiger partial charge in [0, 0.05) is 21.1 Å². The molecular formula is C26H30BrNO2S. The molecule has 1 aromatic heterocycles. The monoisotopic (exact) mass is 499 g/mol. The molecule has 0 spiro atoms. The Hall–Kier alpha value is -1.56. The lowest BCUT2D eigenvalue weighted by atomic mass is 10.0. The Morgan fingerprint density at radius 2 is 1.97 bits per heavy atom. The topological polar surface area (TPSA) is 31.2 Å². The molecule has 1 heterocycles. The normalized spacial score (nSPS) is 14.4. The molecule has 0 bridgehead atoms. The van der Waals surface area contributed by atoms with Crippen molar-refractivity contribution in [2.45, 2.75) is 58.2 Å². The molecule has 4 rings (SSSR count). The van der Waals surface area contributed by atoms with Crippen LogP contribution >= 0.6 is 27.7 Å². The van der Waals surface area contributed by atoms with Crippen molar-refractivity contribution in [2.24, 2.45) is 0 Å². The quantitative estimate of drug-likeness (QED) is 0.334. The minimum Gasteiger partial charge on any atom is -0.371 e. The van der Waals surface area contributed by atoms with Crippen LogP contribution in [0.5, 0.6) is 0 Å². The van der Waals surface area contributed by atoms with Crippen molar-refractivity contribution in [1.29, 1.82) is 0 Å². The van der Waals surface area contributed by atoms with Gasteiger partial charge in [0.2, 0.25) is 0 Å². The summed E-state index contributed by atoms with van der Waals surface area (Å²) in [5, 5.41) is 1.80. The van der Waals surface area contributed by atoms with E-state index in [0.717, 1.165) is 44.4 Å². The first kappa shape index (κ1) is 22.6. The third-order valence-electron chi connectivity index (χ3n) is 6.13. The molecule has 1 aliphatic carbocycles. The number of ether oxygens (including phenoxy) is 1. The second kappa shape index (κ2) is 9.13. The summed E-state index contributed by atoms with van der Waals surface area (Å²) in [6.07, 6.45) is 5.61. The fraction of sp³-hybridized carbons (Fsp3) is 0.423. The number of fused-ring (bicyclic) bond motifs is 1. The summed E-state index contributed by atoms with van der Waals surface area (Å²) < 4.78 is 9.11. The first-order valence-corrected chi connectivity index (χ1v) is 13.1. The number of pyridine rings is 1. The second-order valence-corrected chi connectivity index (χ2v) is 10.9. The number of nitrogens with zero attached hydrogens (tertiary/aromatic N) is 1. The Morgan fingerprint density at radius 1 is 1.19 bits per heavy atom. The number of thioether (sulfide) groups is 1. The zero-order chi connectivity index (χ0) is 22.2. The third-order valence-corrected chi connectivity index (χ3v) is 7.48. The van der Waals surface area contributed by atoms with Gasteiger partial charge in [-0.3, -0.25) is 9.36 Å². The molecule has 164 valence electrons. The lowest BCUT2D eigenvalue weighted by molar-refractivity contribution is -0.0310. The molecule has 31 heavy (non-hydrogen) atoms. The van der Waals surface area contributed by atoms with Gasteiger partial charge in [-0.2, -0.15) is 11.8 Å². The first-order chi connectivity index (χ1) is 14.8. The van der Waals surface area contributed by atoms with E-state index in [1.807, 2.05) is 47.5 Å². The fourth-order valence-corrected chi connectivity index (χ4v) is 5.19. The number of halogens is 1. The Bertz CT molecular complexity index is 1160. The molecule has 0 radical (unpaired) electrons. The second-order valence-electron chi connectivity index (χ2n) is 9.08. The highest BCUT2D eigenvalue weighted by Crippen LogP contribution is 2.40. The van der Waals surface area contributed by atoms with Crippen LogP contribution in [0.1, 0.15) is 55.8 Å². The van der Waals surface area contributed by atoms with Crippen LogP contribution in [0.15, 0.2) is 51.7 Å². The zero-order valence-electron chi connectivity index (χ0n) is 18.7. The van der Waals surface area contributed by atoms with Gasteiger partial charge in [0.1, 0.15) is 0 Å². The predicted octanol–water partition coefficient (Wildman–Crippen LogP) is 6.99. The fourth-order valence-electron chi connectivity index (χ4n) is 4.02. The van der Waals surface area contributed by atoms with Crippen LogP contribution in [-0.2, 0) is 11.3 Å². The van der Waals surface area contributed by atoms with Gasteiger partial charge in [-0.25, -0.2) is 0 Å². The molecule has 5 heteroatoms. The minimum atomic E-state index is -0.224. The van der Waals surface area contributed by atoms with Crippen molar-refractivity contribution in [3.05, 3.63) is 74.1 Å². The lowest BCUT2D eigenvalue weighted by Crippen LogP contribution is -2.26. The summed E-state index contributed by atoms with van der Waals surface area (Å²) in [5.74, 6) is 1.73. The van der Waals surface area contributed by atoms with E-state index in [2.05, 4.69) is 54.2 Å². The summed E-state index contributed by atoms with van der Waals surface area (Å²) in [4.78, 5) is 13.6. The van der Waals surface area contributed by atoms with Gasteiger partial charge in [0.25, 0.3) is 5.56 Å². The van der Waals surface area contributed by atoms with Crippen LogP contribution in [-0.4, -0.2) is 22.2 Å². The maximum absolute atomic E-state index is 13.6. The number of rotatable bonds is 8. The number of aromatic nitrogens is 1. The number of hydrogen-bond acceptors (Lipinski definition) is 3. The lowest BCUT2D eigenvalue weighted by Gasteiger charge is -2.26. The molecule has 0 aliphatic heterocycles. The molecular weight excluding hydrogens is 470 g/mol. The summed E-state index contributed by atoms with van der Waals surface area (Å²) in [5.41, 5.74) is 3.97. The summed E-state index contributed by atoms with van der Waals surface area (Å²) in [6.45, 7) is 6.72. The molecule has 3 nitrogen and oxygen atoms in total. The number of aryl methyl sites for hydroxylation is 1. The smallest absolute Gasteiger partial charge is 0.263 e. The molecule has 0 amide bonds. The van der Waals surface area contributed by atoms with Crippen LogP contribution < -0.4 is 5.56 Å². The van der Waals surface area contributed by atoms with Gasteiger partial charge in [-0.1, -0.05) is 34.1 Å². The van der Waals surface area contributed by atoms with Crippen molar-refractivity contribution in [1.82, 2.24) is 4.57 Å². The van der Waals surface area contributed by atoms with E-state index in [1.54, 1.807) is 0 Å². The van der Waals surface area contributed by atoms with E-state index < -0.39 is 0 Å². The summed E-state index contributed by atoms with van der Waals surface area (Å²) >= 11 is 5.53. The maximum atomic E-state index is 13.6. The van der Waals surface area contributed by atoms with Gasteiger partial charge >= 0.3 is 0 Å². The molecule has 1 saturated carbocycles. The van der Waals surface area contributed by atoms with Crippen LogP contribution in [0.2, 0.25) is 0 Å². The van der Waals surface area contributed by atoms with E-state index in [9.17, 15) is 4.79 Å². The van der Waals surface area contributed by atoms with Crippen molar-refractivity contribution in [3.63, 3.8) is 0 Å². The standard InChI is InChI=1S/C26H30BrNO2S/c1-17-14-20-15-19(18-8-9-18)10-11-21(20)25(29)28(17)24-7-5-6-23(27)22(24)16-30-26(2,3)12-13-31-4/h5-7,10-11,14-15,18H,8-9,12-13,16H2,1-4H3. The van der Waals surface area contributed by atoms with E-state index in [4.69, 9.17) is 4.74 Å². The van der Waals surface area contributed by atoms with Crippen LogP contribution in [0, 0.1) is 6.92 Å².